The number of hydrogen-bond donors (Lipinski definition) is 1. The van der Waals surface area contributed by atoms with Crippen LogP contribution in [0.25, 0.3) is 0 Å². The van der Waals surface area contributed by atoms with Crippen LogP contribution in [0, 0.1) is 29.8 Å². The van der Waals surface area contributed by atoms with E-state index < -0.39 is 5.97 Å². The Morgan fingerprint density at radius 3 is 2.29 bits per heavy atom. The lowest BCUT2D eigenvalue weighted by atomic mass is 9.48. The molecular formula is C31H36O4. The average molecular weight is 473 g/mol. The number of aliphatic hydroxyl groups is 1. The van der Waals surface area contributed by atoms with Crippen molar-refractivity contribution < 1.29 is 19.4 Å². The molecule has 184 valence electrons. The first-order valence-electron chi connectivity index (χ1n) is 13.3. The zero-order chi connectivity index (χ0) is 24.1. The van der Waals surface area contributed by atoms with Crippen LogP contribution >= 0.6 is 0 Å². The number of benzene rings is 2. The maximum atomic E-state index is 12.2. The predicted molar refractivity (Wildman–Crippen MR) is 136 cm³/mol. The Morgan fingerprint density at radius 1 is 0.914 bits per heavy atom. The van der Waals surface area contributed by atoms with Crippen LogP contribution in [-0.4, -0.2) is 24.3 Å². The van der Waals surface area contributed by atoms with Gasteiger partial charge in [-0.1, -0.05) is 24.6 Å². The van der Waals surface area contributed by atoms with Gasteiger partial charge in [0.25, 0.3) is 0 Å². The third-order valence-corrected chi connectivity index (χ3v) is 8.25. The molecule has 4 heteroatoms. The molecule has 6 rings (SSSR count). The summed E-state index contributed by atoms with van der Waals surface area (Å²) in [6.07, 6.45) is 14.6. The van der Waals surface area contributed by atoms with Gasteiger partial charge in [-0.25, -0.2) is 4.79 Å². The van der Waals surface area contributed by atoms with Gasteiger partial charge in [-0.15, -0.1) is 0 Å². The molecule has 0 amide bonds. The van der Waals surface area contributed by atoms with E-state index in [1.165, 1.54) is 44.1 Å². The number of carbonyl (C=O) groups excluding carboxylic acids is 1. The summed E-state index contributed by atoms with van der Waals surface area (Å²) in [6, 6.07) is 15.2. The summed E-state index contributed by atoms with van der Waals surface area (Å²) in [5, 5.41) is 8.99. The van der Waals surface area contributed by atoms with Crippen molar-refractivity contribution in [3.8, 4) is 17.8 Å². The maximum Gasteiger partial charge on any atom is 0.352 e. The number of aliphatic hydroxyl groups excluding tert-OH is 1. The second kappa shape index (κ2) is 10.9. The molecule has 0 aliphatic heterocycles. The Morgan fingerprint density at radius 2 is 1.60 bits per heavy atom. The molecule has 2 aromatic rings. The number of ether oxygens (including phenoxy) is 2. The van der Waals surface area contributed by atoms with Gasteiger partial charge < -0.3 is 14.6 Å². The third kappa shape index (κ3) is 5.57. The molecule has 4 bridgehead atoms. The first kappa shape index (κ1) is 23.9. The van der Waals surface area contributed by atoms with E-state index >= 15 is 0 Å². The summed E-state index contributed by atoms with van der Waals surface area (Å²) < 4.78 is 11.6. The number of unbranched alkanes of at least 4 members (excludes halogenated alkanes) is 3. The minimum atomic E-state index is -0.430. The van der Waals surface area contributed by atoms with Crippen LogP contribution in [0.5, 0.6) is 5.75 Å². The highest BCUT2D eigenvalue weighted by Crippen LogP contribution is 2.61. The Labute approximate surface area is 209 Å². The van der Waals surface area contributed by atoms with Crippen LogP contribution < -0.4 is 4.74 Å². The minimum absolute atomic E-state index is 0.194. The topological polar surface area (TPSA) is 55.8 Å². The average Bonchev–Trinajstić information content (AvgIpc) is 2.86. The van der Waals surface area contributed by atoms with E-state index in [-0.39, 0.29) is 12.0 Å². The highest BCUT2D eigenvalue weighted by atomic mass is 16.5. The molecule has 4 aliphatic rings. The summed E-state index contributed by atoms with van der Waals surface area (Å²) in [5.41, 5.74) is 2.87. The number of hydrogen-bond acceptors (Lipinski definition) is 4. The molecule has 0 spiro atoms. The van der Waals surface area contributed by atoms with E-state index in [1.54, 1.807) is 12.1 Å². The van der Waals surface area contributed by atoms with Gasteiger partial charge in [-0.3, -0.25) is 0 Å². The monoisotopic (exact) mass is 472 g/mol. The number of esters is 1. The van der Waals surface area contributed by atoms with E-state index in [2.05, 4.69) is 24.2 Å². The van der Waals surface area contributed by atoms with Crippen molar-refractivity contribution in [2.45, 2.75) is 69.6 Å². The zero-order valence-corrected chi connectivity index (χ0v) is 20.5. The molecule has 0 unspecified atom stereocenters. The molecule has 0 radical (unpaired) electrons. The highest BCUT2D eigenvalue weighted by Gasteiger charge is 2.52. The van der Waals surface area contributed by atoms with Gasteiger partial charge in [0.2, 0.25) is 0 Å². The van der Waals surface area contributed by atoms with Crippen LogP contribution in [-0.2, 0) is 10.2 Å². The molecule has 4 saturated carbocycles. The van der Waals surface area contributed by atoms with Gasteiger partial charge in [0.05, 0.1) is 12.2 Å². The largest absolute Gasteiger partial charge is 0.493 e. The maximum absolute atomic E-state index is 12.2. The first-order valence-corrected chi connectivity index (χ1v) is 13.3. The van der Waals surface area contributed by atoms with Crippen molar-refractivity contribution >= 4 is 5.97 Å². The second-order valence-electron chi connectivity index (χ2n) is 10.9. The molecule has 35 heavy (non-hydrogen) atoms. The molecule has 4 aliphatic carbocycles. The molecule has 0 saturated heterocycles. The van der Waals surface area contributed by atoms with Crippen LogP contribution in [0.15, 0.2) is 48.5 Å². The minimum Gasteiger partial charge on any atom is -0.493 e. The van der Waals surface area contributed by atoms with Crippen LogP contribution in [0.1, 0.15) is 85.7 Å². The van der Waals surface area contributed by atoms with Crippen molar-refractivity contribution in [2.75, 3.05) is 13.2 Å². The normalized spacial score (nSPS) is 26.1. The summed E-state index contributed by atoms with van der Waals surface area (Å²) >= 11 is 0. The fraction of sp³-hybridized carbons (Fsp3) is 0.516. The SMILES string of the molecule is O=C(OC#Cc1ccc(OCCCCCCO)c(C23CC4CC(CC(C4)C2)C3)c1)c1ccccc1. The van der Waals surface area contributed by atoms with Crippen molar-refractivity contribution in [2.24, 2.45) is 17.8 Å². The van der Waals surface area contributed by atoms with Crippen molar-refractivity contribution in [3.63, 3.8) is 0 Å². The zero-order valence-electron chi connectivity index (χ0n) is 20.5. The lowest BCUT2D eigenvalue weighted by Crippen LogP contribution is -2.48. The van der Waals surface area contributed by atoms with Gasteiger partial charge in [0.1, 0.15) is 11.9 Å². The van der Waals surface area contributed by atoms with Crippen molar-refractivity contribution in [1.82, 2.24) is 0 Å². The molecule has 2 aromatic carbocycles. The van der Waals surface area contributed by atoms with E-state index in [9.17, 15) is 4.79 Å². The Balaban J connectivity index is 1.34. The van der Waals surface area contributed by atoms with Crippen LogP contribution in [0.2, 0.25) is 0 Å². The predicted octanol–water partition coefficient (Wildman–Crippen LogP) is 6.25. The number of carbonyl (C=O) groups is 1. The molecule has 0 heterocycles. The third-order valence-electron chi connectivity index (χ3n) is 8.25. The summed E-state index contributed by atoms with van der Waals surface area (Å²) in [6.45, 7) is 0.963. The fourth-order valence-corrected chi connectivity index (χ4v) is 7.10. The smallest absolute Gasteiger partial charge is 0.352 e. The fourth-order valence-electron chi connectivity index (χ4n) is 7.10. The Hall–Kier alpha value is -2.77. The molecule has 0 aromatic heterocycles. The Kier molecular flexibility index (Phi) is 7.44. The van der Waals surface area contributed by atoms with Crippen LogP contribution in [0.4, 0.5) is 0 Å². The van der Waals surface area contributed by atoms with Gasteiger partial charge in [-0.2, -0.15) is 0 Å². The molecule has 1 N–H and O–H groups in total. The lowest BCUT2D eigenvalue weighted by Gasteiger charge is -2.57. The quantitative estimate of drug-likeness (QED) is 0.266. The number of rotatable bonds is 9. The Bertz CT molecular complexity index is 1040. The van der Waals surface area contributed by atoms with Crippen LogP contribution in [0.3, 0.4) is 0 Å². The molecule has 4 fully saturated rings. The summed E-state index contributed by atoms with van der Waals surface area (Å²) in [7, 11) is 0. The standard InChI is InChI=1S/C31H36O4/c32-13-6-1-2-7-14-34-29-11-10-23(12-15-35-30(33)27-8-4-3-5-9-27)19-28(29)31-20-24-16-25(21-31)18-26(17-24)22-31/h3-5,8-11,19,24-26,32H,1-2,6-7,13-14,16-18,20-22H2. The van der Waals surface area contributed by atoms with E-state index in [4.69, 9.17) is 14.6 Å². The van der Waals surface area contributed by atoms with E-state index in [0.717, 1.165) is 54.7 Å². The van der Waals surface area contributed by atoms with E-state index in [1.807, 2.05) is 24.3 Å². The van der Waals surface area contributed by atoms with E-state index in [0.29, 0.717) is 12.2 Å². The molecule has 4 nitrogen and oxygen atoms in total. The van der Waals surface area contributed by atoms with Gasteiger partial charge in [-0.05, 0) is 117 Å². The first-order chi connectivity index (χ1) is 17.1. The lowest BCUT2D eigenvalue weighted by molar-refractivity contribution is -0.00641. The van der Waals surface area contributed by atoms with Gasteiger partial charge in [0, 0.05) is 17.7 Å². The summed E-state index contributed by atoms with van der Waals surface area (Å²) in [5.74, 6) is 6.16. The van der Waals surface area contributed by atoms with Crippen molar-refractivity contribution in [1.29, 1.82) is 0 Å². The molecule has 0 atom stereocenters. The summed E-state index contributed by atoms with van der Waals surface area (Å²) in [4.78, 5) is 12.2. The van der Waals surface area contributed by atoms with Crippen molar-refractivity contribution in [3.05, 3.63) is 65.2 Å². The van der Waals surface area contributed by atoms with Gasteiger partial charge >= 0.3 is 5.97 Å². The van der Waals surface area contributed by atoms with Gasteiger partial charge in [0.15, 0.2) is 0 Å². The molecular weight excluding hydrogens is 436 g/mol. The highest BCUT2D eigenvalue weighted by molar-refractivity contribution is 5.90. The second-order valence-corrected chi connectivity index (χ2v) is 10.9.